The fraction of sp³-hybridized carbons (Fsp3) is 0.538. The summed E-state index contributed by atoms with van der Waals surface area (Å²) in [4.78, 5) is 0. The van der Waals surface area contributed by atoms with Gasteiger partial charge in [-0.15, -0.1) is 23.5 Å². The molecule has 188 valence electrons. The molecule has 1 aliphatic rings. The van der Waals surface area contributed by atoms with E-state index in [1.54, 1.807) is 11.8 Å². The number of hydrogen-bond donors (Lipinski definition) is 4. The van der Waals surface area contributed by atoms with Gasteiger partial charge in [0.25, 0.3) is 0 Å². The van der Waals surface area contributed by atoms with E-state index in [0.717, 1.165) is 17.9 Å². The molecule has 1 heterocycles. The minimum atomic E-state index is -0.657. The van der Waals surface area contributed by atoms with Crippen LogP contribution in [-0.2, 0) is 9.47 Å². The van der Waals surface area contributed by atoms with Gasteiger partial charge in [0.1, 0.15) is 5.37 Å². The molecular formula is C26H38N2O2S4. The van der Waals surface area contributed by atoms with Gasteiger partial charge < -0.3 is 15.2 Å². The van der Waals surface area contributed by atoms with Crippen LogP contribution in [0.5, 0.6) is 0 Å². The van der Waals surface area contributed by atoms with E-state index in [1.807, 2.05) is 23.9 Å². The predicted molar refractivity (Wildman–Crippen MR) is 155 cm³/mol. The molecule has 4 unspecified atom stereocenters. The lowest BCUT2D eigenvalue weighted by Crippen LogP contribution is -2.53. The van der Waals surface area contributed by atoms with Gasteiger partial charge in [-0.05, 0) is 17.0 Å². The van der Waals surface area contributed by atoms with Crippen LogP contribution in [0.3, 0.4) is 0 Å². The lowest BCUT2D eigenvalue weighted by Gasteiger charge is -2.38. The summed E-state index contributed by atoms with van der Waals surface area (Å²) in [5, 5.41) is 3.95. The molecule has 4 nitrogen and oxygen atoms in total. The number of rotatable bonds is 14. The van der Waals surface area contributed by atoms with Gasteiger partial charge in [-0.25, -0.2) is 0 Å². The first-order valence-electron chi connectivity index (χ1n) is 11.9. The van der Waals surface area contributed by atoms with Crippen molar-refractivity contribution in [2.24, 2.45) is 11.7 Å². The van der Waals surface area contributed by atoms with Gasteiger partial charge in [-0.1, -0.05) is 74.5 Å². The van der Waals surface area contributed by atoms with E-state index in [0.29, 0.717) is 25.7 Å². The highest BCUT2D eigenvalue weighted by Crippen LogP contribution is 2.38. The van der Waals surface area contributed by atoms with Gasteiger partial charge >= 0.3 is 0 Å². The third kappa shape index (κ3) is 8.37. The number of thioether (sulfide) groups is 2. The standard InChI is InChI=1S/C26H38N2O2S4/c1-19(2)15-26(29-13-14-30-26)25(33-18-22(32)20-9-5-3-6-10-20)28-16-24(27)34-23(17-31)21-11-7-4-8-12-21/h3-12,19,22-25,28,31-32H,13-18,27H2,1-2H3. The summed E-state index contributed by atoms with van der Waals surface area (Å²) in [7, 11) is 0. The first-order chi connectivity index (χ1) is 16.4. The molecule has 0 spiro atoms. The molecule has 3 rings (SSSR count). The zero-order valence-electron chi connectivity index (χ0n) is 20.0. The lowest BCUT2D eigenvalue weighted by atomic mass is 10.0. The number of hydrogen-bond acceptors (Lipinski definition) is 8. The zero-order valence-corrected chi connectivity index (χ0v) is 23.4. The van der Waals surface area contributed by atoms with Gasteiger partial charge in [-0.3, -0.25) is 5.32 Å². The minimum absolute atomic E-state index is 0.0476. The topological polar surface area (TPSA) is 56.5 Å². The SMILES string of the molecule is CC(C)CC1(C(NCC(N)SC(CS)c2ccccc2)SCC(S)c2ccccc2)OCCO1. The molecule has 2 aromatic carbocycles. The van der Waals surface area contributed by atoms with Gasteiger partial charge in [0, 0.05) is 35.0 Å². The van der Waals surface area contributed by atoms with Gasteiger partial charge in [0.05, 0.1) is 18.6 Å². The Morgan fingerprint density at radius 1 is 1.00 bits per heavy atom. The lowest BCUT2D eigenvalue weighted by molar-refractivity contribution is -0.172. The van der Waals surface area contributed by atoms with Crippen molar-refractivity contribution < 1.29 is 9.47 Å². The molecule has 0 bridgehead atoms. The highest BCUT2D eigenvalue weighted by molar-refractivity contribution is 8.01. The maximum atomic E-state index is 6.59. The van der Waals surface area contributed by atoms with Crippen LogP contribution in [0.15, 0.2) is 60.7 Å². The molecule has 1 aliphatic heterocycles. The first-order valence-corrected chi connectivity index (χ1v) is 15.0. The summed E-state index contributed by atoms with van der Waals surface area (Å²) in [6.07, 6.45) is 0.825. The molecule has 1 fully saturated rings. The molecule has 2 aromatic rings. The summed E-state index contributed by atoms with van der Waals surface area (Å²) >= 11 is 13.0. The highest BCUT2D eigenvalue weighted by Gasteiger charge is 2.45. The zero-order chi connectivity index (χ0) is 24.4. The largest absolute Gasteiger partial charge is 0.345 e. The highest BCUT2D eigenvalue weighted by atomic mass is 32.2. The van der Waals surface area contributed by atoms with Crippen molar-refractivity contribution in [2.75, 3.05) is 31.3 Å². The van der Waals surface area contributed by atoms with Crippen LogP contribution >= 0.6 is 48.8 Å². The third-order valence-corrected chi connectivity index (χ3v) is 9.66. The molecule has 0 saturated carbocycles. The molecule has 1 saturated heterocycles. The predicted octanol–water partition coefficient (Wildman–Crippen LogP) is 5.78. The second-order valence-electron chi connectivity index (χ2n) is 8.91. The van der Waals surface area contributed by atoms with Crippen molar-refractivity contribution in [1.82, 2.24) is 5.32 Å². The Morgan fingerprint density at radius 2 is 1.59 bits per heavy atom. The first kappa shape index (κ1) is 28.3. The van der Waals surface area contributed by atoms with Crippen molar-refractivity contribution in [1.29, 1.82) is 0 Å². The summed E-state index contributed by atoms with van der Waals surface area (Å²) in [5.74, 6) is 1.36. The van der Waals surface area contributed by atoms with E-state index in [-0.39, 0.29) is 21.2 Å². The van der Waals surface area contributed by atoms with Crippen molar-refractivity contribution in [3.63, 3.8) is 0 Å². The third-order valence-electron chi connectivity index (χ3n) is 5.65. The van der Waals surface area contributed by atoms with Crippen LogP contribution in [0.2, 0.25) is 0 Å². The molecule has 0 aromatic heterocycles. The average molecular weight is 539 g/mol. The number of thiol groups is 2. The normalized spacial score (nSPS) is 19.1. The Hall–Kier alpha value is -0.320. The van der Waals surface area contributed by atoms with Crippen molar-refractivity contribution in [3.8, 4) is 0 Å². The van der Waals surface area contributed by atoms with Crippen molar-refractivity contribution >= 4 is 48.8 Å². The average Bonchev–Trinajstić information content (AvgIpc) is 3.32. The molecule has 0 aliphatic carbocycles. The summed E-state index contributed by atoms with van der Waals surface area (Å²) in [5.41, 5.74) is 9.06. The molecule has 8 heteroatoms. The summed E-state index contributed by atoms with van der Waals surface area (Å²) in [6, 6.07) is 20.8. The Labute approximate surface area is 224 Å². The molecule has 4 atom stereocenters. The second-order valence-corrected chi connectivity index (χ2v) is 12.5. The monoisotopic (exact) mass is 538 g/mol. The molecular weight excluding hydrogens is 501 g/mol. The van der Waals surface area contributed by atoms with E-state index in [4.69, 9.17) is 27.8 Å². The molecule has 3 N–H and O–H groups in total. The molecule has 0 amide bonds. The van der Waals surface area contributed by atoms with Crippen molar-refractivity contribution in [2.45, 2.75) is 47.3 Å². The van der Waals surface area contributed by atoms with E-state index in [2.05, 4.69) is 80.3 Å². The van der Waals surface area contributed by atoms with Gasteiger partial charge in [0.15, 0.2) is 5.79 Å². The number of nitrogens with two attached hydrogens (primary N) is 1. The van der Waals surface area contributed by atoms with Crippen LogP contribution in [0.1, 0.15) is 41.9 Å². The second kappa shape index (κ2) is 14.4. The maximum Gasteiger partial charge on any atom is 0.193 e. The fourth-order valence-corrected chi connectivity index (χ4v) is 7.27. The Balaban J connectivity index is 1.66. The number of nitrogens with one attached hydrogen (secondary N) is 1. The minimum Gasteiger partial charge on any atom is -0.345 e. The van der Waals surface area contributed by atoms with Crippen LogP contribution in [-0.4, -0.2) is 47.8 Å². The van der Waals surface area contributed by atoms with E-state index in [1.165, 1.54) is 11.1 Å². The van der Waals surface area contributed by atoms with Crippen LogP contribution in [0, 0.1) is 5.92 Å². The Kier molecular flexibility index (Phi) is 12.0. The van der Waals surface area contributed by atoms with Crippen LogP contribution in [0.4, 0.5) is 0 Å². The molecule has 0 radical (unpaired) electrons. The van der Waals surface area contributed by atoms with E-state index >= 15 is 0 Å². The number of ether oxygens (including phenoxy) is 2. The van der Waals surface area contributed by atoms with E-state index in [9.17, 15) is 0 Å². The van der Waals surface area contributed by atoms with Gasteiger partial charge in [0.2, 0.25) is 0 Å². The Morgan fingerprint density at radius 3 is 2.15 bits per heavy atom. The number of benzene rings is 2. The smallest absolute Gasteiger partial charge is 0.193 e. The summed E-state index contributed by atoms with van der Waals surface area (Å²) < 4.78 is 12.5. The molecule has 34 heavy (non-hydrogen) atoms. The van der Waals surface area contributed by atoms with E-state index < -0.39 is 5.79 Å². The van der Waals surface area contributed by atoms with Crippen LogP contribution < -0.4 is 11.1 Å². The Bertz CT molecular complexity index is 822. The maximum absolute atomic E-state index is 6.59. The quantitative estimate of drug-likeness (QED) is 0.181. The van der Waals surface area contributed by atoms with Crippen LogP contribution in [0.25, 0.3) is 0 Å². The van der Waals surface area contributed by atoms with Gasteiger partial charge in [-0.2, -0.15) is 25.3 Å². The fourth-order valence-electron chi connectivity index (χ4n) is 4.09. The van der Waals surface area contributed by atoms with Crippen molar-refractivity contribution in [3.05, 3.63) is 71.8 Å². The summed E-state index contributed by atoms with van der Waals surface area (Å²) in [6.45, 7) is 6.29.